The zero-order valence-electron chi connectivity index (χ0n) is 20.0. The van der Waals surface area contributed by atoms with Crippen molar-refractivity contribution in [2.24, 2.45) is 0 Å². The van der Waals surface area contributed by atoms with Crippen LogP contribution < -0.4 is 5.32 Å². The van der Waals surface area contributed by atoms with E-state index in [-0.39, 0.29) is 40.3 Å². The van der Waals surface area contributed by atoms with E-state index in [1.54, 1.807) is 39.0 Å². The first-order valence-electron chi connectivity index (χ1n) is 11.0. The summed E-state index contributed by atoms with van der Waals surface area (Å²) in [5, 5.41) is 12.6. The van der Waals surface area contributed by atoms with Crippen molar-refractivity contribution in [3.8, 4) is 11.4 Å². The molecule has 2 aromatic heterocycles. The molecule has 0 saturated carbocycles. The lowest BCUT2D eigenvalue weighted by atomic mass is 10.1. The van der Waals surface area contributed by atoms with Gasteiger partial charge in [-0.1, -0.05) is 29.4 Å². The van der Waals surface area contributed by atoms with Crippen LogP contribution in [0, 0.1) is 6.92 Å². The van der Waals surface area contributed by atoms with Crippen LogP contribution >= 0.6 is 34.7 Å². The summed E-state index contributed by atoms with van der Waals surface area (Å²) in [4.78, 5) is 38.0. The van der Waals surface area contributed by atoms with E-state index in [1.807, 2.05) is 16.7 Å². The number of thioether (sulfide) groups is 1. The average Bonchev–Trinajstić information content (AvgIpc) is 3.39. The van der Waals surface area contributed by atoms with Crippen molar-refractivity contribution >= 4 is 57.5 Å². The summed E-state index contributed by atoms with van der Waals surface area (Å²) in [6.45, 7) is 9.56. The van der Waals surface area contributed by atoms with Gasteiger partial charge in [-0.25, -0.2) is 9.59 Å². The van der Waals surface area contributed by atoms with E-state index in [1.165, 1.54) is 11.8 Å². The first-order valence-corrected chi connectivity index (χ1v) is 13.2. The van der Waals surface area contributed by atoms with Crippen molar-refractivity contribution in [2.45, 2.75) is 32.5 Å². The SMILES string of the molecule is C=CCn1c(SCC(=O)Nc2sc(C(=O)OCC)c(C)c2C(=O)OCC)nnc1-c1ccc(Cl)cc1. The van der Waals surface area contributed by atoms with E-state index in [2.05, 4.69) is 22.1 Å². The van der Waals surface area contributed by atoms with Crippen LogP contribution in [0.2, 0.25) is 5.02 Å². The first-order chi connectivity index (χ1) is 17.3. The average molecular weight is 549 g/mol. The van der Waals surface area contributed by atoms with Gasteiger partial charge in [0.1, 0.15) is 9.88 Å². The number of hydrogen-bond acceptors (Lipinski definition) is 9. The minimum atomic E-state index is -0.622. The predicted molar refractivity (Wildman–Crippen MR) is 141 cm³/mol. The molecule has 0 aliphatic carbocycles. The van der Waals surface area contributed by atoms with Crippen LogP contribution in [0.15, 0.2) is 42.1 Å². The zero-order chi connectivity index (χ0) is 26.2. The molecular formula is C24H25ClN4O5S2. The van der Waals surface area contributed by atoms with Crippen molar-refractivity contribution in [3.05, 3.63) is 57.9 Å². The first kappa shape index (κ1) is 27.4. The maximum atomic E-state index is 12.8. The number of aromatic nitrogens is 3. The van der Waals surface area contributed by atoms with Crippen LogP contribution in [0.25, 0.3) is 11.4 Å². The van der Waals surface area contributed by atoms with Gasteiger partial charge in [0.15, 0.2) is 11.0 Å². The summed E-state index contributed by atoms with van der Waals surface area (Å²) in [7, 11) is 0. The number of carbonyl (C=O) groups is 3. The molecule has 1 N–H and O–H groups in total. The van der Waals surface area contributed by atoms with Gasteiger partial charge in [-0.3, -0.25) is 9.36 Å². The molecule has 3 aromatic rings. The molecule has 0 aliphatic rings. The number of carbonyl (C=O) groups excluding carboxylic acids is 3. The molecule has 0 fully saturated rings. The van der Waals surface area contributed by atoms with Crippen molar-refractivity contribution < 1.29 is 23.9 Å². The fourth-order valence-electron chi connectivity index (χ4n) is 3.24. The van der Waals surface area contributed by atoms with Crippen LogP contribution in [0.1, 0.15) is 39.4 Å². The number of ether oxygens (including phenoxy) is 2. The highest BCUT2D eigenvalue weighted by Gasteiger charge is 2.27. The molecule has 0 unspecified atom stereocenters. The number of thiophene rings is 1. The standard InChI is InChI=1S/C24H25ClN4O5S2/c1-5-12-29-20(15-8-10-16(25)11-9-15)27-28-24(29)35-13-17(30)26-21-18(22(31)33-6-2)14(4)19(36-21)23(32)34-7-3/h5,8-11H,1,6-7,12-13H2,2-4H3,(H,26,30). The Kier molecular flexibility index (Phi) is 9.68. The summed E-state index contributed by atoms with van der Waals surface area (Å²) in [6, 6.07) is 7.20. The van der Waals surface area contributed by atoms with Crippen molar-refractivity contribution in [1.29, 1.82) is 0 Å². The van der Waals surface area contributed by atoms with Gasteiger partial charge in [-0.2, -0.15) is 0 Å². The Hall–Kier alpha value is -3.15. The third kappa shape index (κ3) is 6.34. The Morgan fingerprint density at radius 3 is 2.44 bits per heavy atom. The molecule has 2 heterocycles. The minimum absolute atomic E-state index is 0.0101. The number of benzene rings is 1. The highest BCUT2D eigenvalue weighted by Crippen LogP contribution is 2.35. The Labute approximate surface area is 221 Å². The number of amides is 1. The number of esters is 2. The van der Waals surface area contributed by atoms with E-state index in [9.17, 15) is 14.4 Å². The van der Waals surface area contributed by atoms with Crippen molar-refractivity contribution in [3.63, 3.8) is 0 Å². The molecule has 0 atom stereocenters. The van der Waals surface area contributed by atoms with Gasteiger partial charge in [-0.15, -0.1) is 28.1 Å². The van der Waals surface area contributed by atoms with Gasteiger partial charge in [0.05, 0.1) is 24.5 Å². The molecular weight excluding hydrogens is 524 g/mol. The number of halogens is 1. The monoisotopic (exact) mass is 548 g/mol. The topological polar surface area (TPSA) is 112 Å². The van der Waals surface area contributed by atoms with Gasteiger partial charge >= 0.3 is 11.9 Å². The Morgan fingerprint density at radius 1 is 1.14 bits per heavy atom. The zero-order valence-corrected chi connectivity index (χ0v) is 22.4. The van der Waals surface area contributed by atoms with E-state index in [4.69, 9.17) is 21.1 Å². The molecule has 0 bridgehead atoms. The molecule has 3 rings (SSSR count). The Balaban J connectivity index is 1.80. The molecule has 12 heteroatoms. The Morgan fingerprint density at radius 2 is 1.81 bits per heavy atom. The molecule has 0 spiro atoms. The van der Waals surface area contributed by atoms with Crippen LogP contribution in [-0.2, 0) is 20.8 Å². The second kappa shape index (κ2) is 12.7. The van der Waals surface area contributed by atoms with Gasteiger partial charge in [-0.05, 0) is 50.6 Å². The quantitative estimate of drug-likeness (QED) is 0.197. The molecule has 0 radical (unpaired) electrons. The fraction of sp³-hybridized carbons (Fsp3) is 0.292. The molecule has 0 aliphatic heterocycles. The predicted octanol–water partition coefficient (Wildman–Crippen LogP) is 5.24. The maximum Gasteiger partial charge on any atom is 0.348 e. The lowest BCUT2D eigenvalue weighted by Crippen LogP contribution is -2.17. The molecule has 1 aromatic carbocycles. The number of hydrogen-bond donors (Lipinski definition) is 1. The molecule has 36 heavy (non-hydrogen) atoms. The maximum absolute atomic E-state index is 12.8. The molecule has 9 nitrogen and oxygen atoms in total. The van der Waals surface area contributed by atoms with E-state index in [0.29, 0.717) is 28.1 Å². The number of nitrogens with zero attached hydrogens (tertiary/aromatic N) is 3. The van der Waals surface area contributed by atoms with Gasteiger partial charge in [0.25, 0.3) is 0 Å². The minimum Gasteiger partial charge on any atom is -0.462 e. The van der Waals surface area contributed by atoms with E-state index >= 15 is 0 Å². The van der Waals surface area contributed by atoms with Gasteiger partial charge in [0.2, 0.25) is 5.91 Å². The lowest BCUT2D eigenvalue weighted by molar-refractivity contribution is -0.113. The van der Waals surface area contributed by atoms with Crippen molar-refractivity contribution in [1.82, 2.24) is 14.8 Å². The molecule has 0 saturated heterocycles. The smallest absolute Gasteiger partial charge is 0.348 e. The number of rotatable bonds is 11. The van der Waals surface area contributed by atoms with Crippen LogP contribution in [0.4, 0.5) is 5.00 Å². The van der Waals surface area contributed by atoms with Gasteiger partial charge in [0, 0.05) is 17.1 Å². The summed E-state index contributed by atoms with van der Waals surface area (Å²) in [5.41, 5.74) is 1.37. The molecule has 1 amide bonds. The van der Waals surface area contributed by atoms with E-state index < -0.39 is 11.9 Å². The molecule has 190 valence electrons. The second-order valence-corrected chi connectivity index (χ2v) is 9.65. The van der Waals surface area contributed by atoms with Gasteiger partial charge < -0.3 is 14.8 Å². The highest BCUT2D eigenvalue weighted by molar-refractivity contribution is 7.99. The number of allylic oxidation sites excluding steroid dienone is 1. The third-order valence-corrected chi connectivity index (χ3v) is 7.21. The van der Waals surface area contributed by atoms with Crippen LogP contribution in [-0.4, -0.2) is 51.6 Å². The Bertz CT molecular complexity index is 1270. The van der Waals surface area contributed by atoms with Crippen LogP contribution in [0.3, 0.4) is 0 Å². The normalized spacial score (nSPS) is 10.7. The van der Waals surface area contributed by atoms with Crippen LogP contribution in [0.5, 0.6) is 0 Å². The third-order valence-electron chi connectivity index (χ3n) is 4.80. The van der Waals surface area contributed by atoms with Crippen molar-refractivity contribution in [2.75, 3.05) is 24.3 Å². The second-order valence-electron chi connectivity index (χ2n) is 7.25. The summed E-state index contributed by atoms with van der Waals surface area (Å²) >= 11 is 8.15. The fourth-order valence-corrected chi connectivity index (χ4v) is 5.22. The highest BCUT2D eigenvalue weighted by atomic mass is 35.5. The largest absolute Gasteiger partial charge is 0.462 e. The number of anilines is 1. The number of nitrogens with one attached hydrogen (secondary N) is 1. The summed E-state index contributed by atoms with van der Waals surface area (Å²) in [6.07, 6.45) is 1.71. The lowest BCUT2D eigenvalue weighted by Gasteiger charge is -2.09. The summed E-state index contributed by atoms with van der Waals surface area (Å²) in [5.74, 6) is -0.963. The summed E-state index contributed by atoms with van der Waals surface area (Å²) < 4.78 is 12.0. The van der Waals surface area contributed by atoms with E-state index in [0.717, 1.165) is 16.9 Å².